The Hall–Kier alpha value is -5.41. The standard InChI is InChI=1S/C47H45N3/c1-33-21-23-37(24-22-33)44-31-42(30-43(32-44)36-13-5-4-6-14-36)34(2)27-47(41-18-12-17-40(29-41)46-20-8-10-26-49-46)50-35(3)38-15-11-16-39(28-38)45-19-7-9-25-48-45/h5,7-21,23-26,28-30,32-34,44H,3-4,6,22,27,31H2,1-2H3/b50-47+. The van der Waals surface area contributed by atoms with Crippen LogP contribution in [-0.2, 0) is 0 Å². The second kappa shape index (κ2) is 15.4. The van der Waals surface area contributed by atoms with Gasteiger partial charge in [0.1, 0.15) is 0 Å². The largest absolute Gasteiger partial charge is 0.256 e. The molecule has 2 aromatic carbocycles. The second-order valence-electron chi connectivity index (χ2n) is 13.8. The van der Waals surface area contributed by atoms with Crippen LogP contribution in [-0.4, -0.2) is 15.7 Å². The van der Waals surface area contributed by atoms with E-state index in [-0.39, 0.29) is 5.92 Å². The van der Waals surface area contributed by atoms with E-state index in [9.17, 15) is 0 Å². The van der Waals surface area contributed by atoms with Crippen LogP contribution in [0.4, 0.5) is 0 Å². The first-order valence-electron chi connectivity index (χ1n) is 18.0. The Bertz CT molecular complexity index is 2070. The van der Waals surface area contributed by atoms with Crippen LogP contribution in [0.3, 0.4) is 0 Å². The maximum Gasteiger partial charge on any atom is 0.0702 e. The number of nitrogens with zero attached hydrogens (tertiary/aromatic N) is 3. The van der Waals surface area contributed by atoms with E-state index in [4.69, 9.17) is 4.99 Å². The summed E-state index contributed by atoms with van der Waals surface area (Å²) in [6.45, 7) is 9.17. The summed E-state index contributed by atoms with van der Waals surface area (Å²) in [6.07, 6.45) is 28.0. The van der Waals surface area contributed by atoms with Crippen LogP contribution < -0.4 is 0 Å². The molecular formula is C47H45N3. The van der Waals surface area contributed by atoms with Crippen molar-refractivity contribution >= 4 is 11.4 Å². The number of aromatic nitrogens is 2. The fraction of sp³-hybridized carbons (Fsp3) is 0.213. The molecule has 3 nitrogen and oxygen atoms in total. The monoisotopic (exact) mass is 651 g/mol. The smallest absolute Gasteiger partial charge is 0.0702 e. The third kappa shape index (κ3) is 7.90. The van der Waals surface area contributed by atoms with Crippen molar-refractivity contribution in [2.45, 2.75) is 46.0 Å². The lowest BCUT2D eigenvalue weighted by Gasteiger charge is -2.29. The molecule has 50 heavy (non-hydrogen) atoms. The van der Waals surface area contributed by atoms with Crippen molar-refractivity contribution in [3.8, 4) is 22.5 Å². The van der Waals surface area contributed by atoms with E-state index < -0.39 is 0 Å². The highest BCUT2D eigenvalue weighted by Crippen LogP contribution is 2.39. The van der Waals surface area contributed by atoms with E-state index in [1.54, 1.807) is 0 Å². The number of aliphatic imine (C=N–C) groups is 1. The van der Waals surface area contributed by atoms with Gasteiger partial charge in [-0.05, 0) is 103 Å². The van der Waals surface area contributed by atoms with Gasteiger partial charge in [0.25, 0.3) is 0 Å². The molecule has 0 spiro atoms. The van der Waals surface area contributed by atoms with Gasteiger partial charge in [-0.3, -0.25) is 15.0 Å². The zero-order valence-electron chi connectivity index (χ0n) is 29.2. The molecule has 3 unspecified atom stereocenters. The molecule has 0 radical (unpaired) electrons. The van der Waals surface area contributed by atoms with Crippen molar-refractivity contribution in [2.24, 2.45) is 22.7 Å². The zero-order chi connectivity index (χ0) is 34.3. The highest BCUT2D eigenvalue weighted by Gasteiger charge is 2.25. The normalized spacial score (nSPS) is 19.6. The molecule has 0 amide bonds. The van der Waals surface area contributed by atoms with Crippen molar-refractivity contribution in [2.75, 3.05) is 0 Å². The van der Waals surface area contributed by atoms with Gasteiger partial charge in [0, 0.05) is 40.7 Å². The molecule has 7 rings (SSSR count). The molecule has 0 saturated carbocycles. The molecule has 3 aliphatic rings. The third-order valence-electron chi connectivity index (χ3n) is 9.99. The fourth-order valence-corrected chi connectivity index (χ4v) is 7.08. The van der Waals surface area contributed by atoms with Gasteiger partial charge in [-0.2, -0.15) is 0 Å². The minimum Gasteiger partial charge on any atom is -0.256 e. The number of hydrogen-bond donors (Lipinski definition) is 0. The molecule has 0 saturated heterocycles. The summed E-state index contributed by atoms with van der Waals surface area (Å²) < 4.78 is 0. The lowest BCUT2D eigenvalue weighted by molar-refractivity contribution is 0.611. The van der Waals surface area contributed by atoms with E-state index in [0.717, 1.165) is 77.2 Å². The molecule has 2 heterocycles. The van der Waals surface area contributed by atoms with Crippen LogP contribution >= 0.6 is 0 Å². The van der Waals surface area contributed by atoms with Crippen LogP contribution in [0.1, 0.15) is 57.1 Å². The SMILES string of the molecule is C=C(/N=C(\CC(C)C1=CC(C2=CCCC=C2)=CC(C2=CCC(C)C=C2)C1)c1cccc(-c2ccccn2)c1)c1cccc(-c2ccccn2)c1. The summed E-state index contributed by atoms with van der Waals surface area (Å²) in [5, 5.41) is 0. The number of allylic oxidation sites excluding steroid dienone is 12. The first-order chi connectivity index (χ1) is 24.5. The molecule has 3 aliphatic carbocycles. The first-order valence-corrected chi connectivity index (χ1v) is 18.0. The topological polar surface area (TPSA) is 38.1 Å². The lowest BCUT2D eigenvalue weighted by atomic mass is 9.76. The maximum absolute atomic E-state index is 5.34. The van der Waals surface area contributed by atoms with E-state index in [2.05, 4.69) is 134 Å². The molecule has 0 fully saturated rings. The highest BCUT2D eigenvalue weighted by molar-refractivity contribution is 6.04. The molecule has 0 aliphatic heterocycles. The summed E-state index contributed by atoms with van der Waals surface area (Å²) >= 11 is 0. The van der Waals surface area contributed by atoms with Gasteiger partial charge < -0.3 is 0 Å². The molecule has 3 heteroatoms. The van der Waals surface area contributed by atoms with E-state index in [1.165, 1.54) is 22.3 Å². The van der Waals surface area contributed by atoms with Crippen LogP contribution in [0.25, 0.3) is 28.2 Å². The number of hydrogen-bond acceptors (Lipinski definition) is 3. The van der Waals surface area contributed by atoms with Crippen molar-refractivity contribution in [1.82, 2.24) is 9.97 Å². The second-order valence-corrected chi connectivity index (χ2v) is 13.8. The molecule has 0 bridgehead atoms. The van der Waals surface area contributed by atoms with Crippen LogP contribution in [0, 0.1) is 17.8 Å². The summed E-state index contributed by atoms with van der Waals surface area (Å²) in [5.41, 5.74) is 13.5. The van der Waals surface area contributed by atoms with Gasteiger partial charge in [-0.25, -0.2) is 0 Å². The molecule has 3 atom stereocenters. The van der Waals surface area contributed by atoms with Crippen LogP contribution in [0.2, 0.25) is 0 Å². The van der Waals surface area contributed by atoms with E-state index in [0.29, 0.717) is 11.8 Å². The number of rotatable bonds is 10. The van der Waals surface area contributed by atoms with Crippen molar-refractivity contribution in [3.05, 3.63) is 186 Å². The molecular weight excluding hydrogens is 607 g/mol. The van der Waals surface area contributed by atoms with Gasteiger partial charge >= 0.3 is 0 Å². The Morgan fingerprint density at radius 3 is 2.18 bits per heavy atom. The Kier molecular flexibility index (Phi) is 10.2. The average molecular weight is 652 g/mol. The maximum atomic E-state index is 5.34. The summed E-state index contributed by atoms with van der Waals surface area (Å²) in [4.78, 5) is 14.6. The third-order valence-corrected chi connectivity index (χ3v) is 9.99. The van der Waals surface area contributed by atoms with Crippen molar-refractivity contribution < 1.29 is 0 Å². The Morgan fingerprint density at radius 2 is 1.54 bits per heavy atom. The molecule has 0 N–H and O–H groups in total. The summed E-state index contributed by atoms with van der Waals surface area (Å²) in [6, 6.07) is 29.1. The Labute approximate surface area is 297 Å². The molecule has 4 aromatic rings. The minimum absolute atomic E-state index is 0.270. The van der Waals surface area contributed by atoms with Crippen molar-refractivity contribution in [3.63, 3.8) is 0 Å². The Morgan fingerprint density at radius 1 is 0.820 bits per heavy atom. The van der Waals surface area contributed by atoms with Crippen molar-refractivity contribution in [1.29, 1.82) is 0 Å². The van der Waals surface area contributed by atoms with Crippen LogP contribution in [0.15, 0.2) is 180 Å². The summed E-state index contributed by atoms with van der Waals surface area (Å²) in [5.74, 6) is 1.23. The highest BCUT2D eigenvalue weighted by atomic mass is 14.8. The average Bonchev–Trinajstić information content (AvgIpc) is 3.19. The number of benzene rings is 2. The predicted octanol–water partition coefficient (Wildman–Crippen LogP) is 12.0. The quantitative estimate of drug-likeness (QED) is 0.160. The van der Waals surface area contributed by atoms with Gasteiger partial charge in [0.2, 0.25) is 0 Å². The van der Waals surface area contributed by atoms with Crippen LogP contribution in [0.5, 0.6) is 0 Å². The zero-order valence-corrected chi connectivity index (χ0v) is 29.2. The fourth-order valence-electron chi connectivity index (χ4n) is 7.08. The van der Waals surface area contributed by atoms with Gasteiger partial charge in [-0.15, -0.1) is 0 Å². The van der Waals surface area contributed by atoms with E-state index in [1.807, 2.05) is 42.7 Å². The molecule has 248 valence electrons. The van der Waals surface area contributed by atoms with E-state index >= 15 is 0 Å². The number of pyridine rings is 2. The lowest BCUT2D eigenvalue weighted by Crippen LogP contribution is -2.16. The van der Waals surface area contributed by atoms with Gasteiger partial charge in [-0.1, -0.05) is 123 Å². The van der Waals surface area contributed by atoms with Gasteiger partial charge in [0.15, 0.2) is 0 Å². The first kappa shape index (κ1) is 33.1. The summed E-state index contributed by atoms with van der Waals surface area (Å²) in [7, 11) is 0. The predicted molar refractivity (Wildman–Crippen MR) is 210 cm³/mol. The minimum atomic E-state index is 0.270. The van der Waals surface area contributed by atoms with Gasteiger partial charge in [0.05, 0.1) is 17.1 Å². The Balaban J connectivity index is 1.24. The molecule has 2 aromatic heterocycles.